The number of benzene rings is 1. The Bertz CT molecular complexity index is 634. The first-order valence-corrected chi connectivity index (χ1v) is 10.5. The summed E-state index contributed by atoms with van der Waals surface area (Å²) in [5.74, 6) is 1.10. The quantitative estimate of drug-likeness (QED) is 0.798. The van der Waals surface area contributed by atoms with Crippen LogP contribution >= 0.6 is 0 Å². The monoisotopic (exact) mass is 373 g/mol. The van der Waals surface area contributed by atoms with Gasteiger partial charge in [-0.3, -0.25) is 9.69 Å². The molecule has 2 aliphatic heterocycles. The van der Waals surface area contributed by atoms with Gasteiger partial charge in [0.05, 0.1) is 12.0 Å². The van der Waals surface area contributed by atoms with Gasteiger partial charge in [-0.15, -0.1) is 0 Å². The van der Waals surface area contributed by atoms with Gasteiger partial charge in [0.25, 0.3) is 0 Å². The number of likely N-dealkylation sites (tertiary alicyclic amines) is 2. The molecule has 5 heteroatoms. The second-order valence-corrected chi connectivity index (χ2v) is 8.05. The molecule has 0 bridgehead atoms. The number of amides is 1. The molecule has 0 aromatic heterocycles. The fourth-order valence-corrected chi connectivity index (χ4v) is 4.86. The van der Waals surface area contributed by atoms with Gasteiger partial charge < -0.3 is 15.0 Å². The Balaban J connectivity index is 1.75. The maximum atomic E-state index is 13.5. The molecule has 1 N–H and O–H groups in total. The van der Waals surface area contributed by atoms with E-state index in [1.807, 2.05) is 31.2 Å². The van der Waals surface area contributed by atoms with Crippen LogP contribution in [0.4, 0.5) is 0 Å². The number of carbonyl (C=O) groups excluding carboxylic acids is 1. The molecule has 5 nitrogen and oxygen atoms in total. The number of ether oxygens (including phenoxy) is 1. The molecular formula is C22H35N3O2. The minimum absolute atomic E-state index is 0.229. The summed E-state index contributed by atoms with van der Waals surface area (Å²) in [6, 6.07) is 8.33. The Morgan fingerprint density at radius 2 is 2.07 bits per heavy atom. The van der Waals surface area contributed by atoms with Crippen molar-refractivity contribution in [1.29, 1.82) is 0 Å². The number of likely N-dealkylation sites (N-methyl/N-ethyl adjacent to an activating group) is 1. The van der Waals surface area contributed by atoms with E-state index < -0.39 is 0 Å². The molecule has 1 aromatic carbocycles. The van der Waals surface area contributed by atoms with Gasteiger partial charge in [0.2, 0.25) is 5.91 Å². The topological polar surface area (TPSA) is 44.8 Å². The lowest BCUT2D eigenvalue weighted by Gasteiger charge is -2.53. The Labute approximate surface area is 164 Å². The Hall–Kier alpha value is -1.59. The molecule has 0 spiro atoms. The smallest absolute Gasteiger partial charge is 0.228 e. The van der Waals surface area contributed by atoms with E-state index >= 15 is 0 Å². The third kappa shape index (κ3) is 4.30. The summed E-state index contributed by atoms with van der Waals surface area (Å²) in [5.41, 5.74) is 0.801. The van der Waals surface area contributed by atoms with E-state index in [2.05, 4.69) is 29.1 Å². The van der Waals surface area contributed by atoms with Crippen molar-refractivity contribution in [2.45, 2.75) is 52.1 Å². The first kappa shape index (κ1) is 20.2. The molecule has 2 aliphatic rings. The average Bonchev–Trinajstić information content (AvgIpc) is 2.68. The summed E-state index contributed by atoms with van der Waals surface area (Å²) in [4.78, 5) is 18.4. The lowest BCUT2D eigenvalue weighted by atomic mass is 9.67. The molecule has 2 fully saturated rings. The standard InChI is InChI=1S/C22H35N3O2/c1-4-13-25-14-8-11-22(12-15-24(3)17-20(22)25)21(26)23-16-18-9-6-7-10-19(18)27-5-2/h6-7,9-10,20H,4-5,8,11-17H2,1-3H3,(H,23,26)/t20-,22+/m0/s1. The molecule has 0 aliphatic carbocycles. The highest BCUT2D eigenvalue weighted by Crippen LogP contribution is 2.42. The van der Waals surface area contributed by atoms with Gasteiger partial charge in [-0.1, -0.05) is 25.1 Å². The van der Waals surface area contributed by atoms with Crippen LogP contribution in [-0.4, -0.2) is 61.6 Å². The van der Waals surface area contributed by atoms with E-state index in [1.54, 1.807) is 0 Å². The van der Waals surface area contributed by atoms with Crippen molar-refractivity contribution >= 4 is 5.91 Å². The van der Waals surface area contributed by atoms with Gasteiger partial charge in [-0.25, -0.2) is 0 Å². The van der Waals surface area contributed by atoms with Crippen molar-refractivity contribution in [3.05, 3.63) is 29.8 Å². The zero-order valence-corrected chi connectivity index (χ0v) is 17.2. The largest absolute Gasteiger partial charge is 0.494 e. The number of para-hydroxylation sites is 1. The van der Waals surface area contributed by atoms with Crippen LogP contribution in [0.15, 0.2) is 24.3 Å². The van der Waals surface area contributed by atoms with E-state index in [0.29, 0.717) is 19.2 Å². The number of piperidine rings is 2. The van der Waals surface area contributed by atoms with Crippen LogP contribution in [0, 0.1) is 5.41 Å². The van der Waals surface area contributed by atoms with Gasteiger partial charge >= 0.3 is 0 Å². The van der Waals surface area contributed by atoms with Crippen LogP contribution in [0.1, 0.15) is 45.1 Å². The maximum absolute atomic E-state index is 13.5. The van der Waals surface area contributed by atoms with Crippen molar-refractivity contribution < 1.29 is 9.53 Å². The highest BCUT2D eigenvalue weighted by molar-refractivity contribution is 5.84. The number of hydrogen-bond acceptors (Lipinski definition) is 4. The summed E-state index contributed by atoms with van der Waals surface area (Å²) >= 11 is 0. The predicted octanol–water partition coefficient (Wildman–Crippen LogP) is 2.90. The number of fused-ring (bicyclic) bond motifs is 1. The zero-order valence-electron chi connectivity index (χ0n) is 17.2. The van der Waals surface area contributed by atoms with Crippen molar-refractivity contribution in [3.63, 3.8) is 0 Å². The molecule has 3 rings (SSSR count). The minimum Gasteiger partial charge on any atom is -0.494 e. The molecule has 1 aromatic rings. The molecule has 1 amide bonds. The number of rotatable bonds is 7. The number of hydrogen-bond donors (Lipinski definition) is 1. The Morgan fingerprint density at radius 3 is 2.85 bits per heavy atom. The highest BCUT2D eigenvalue weighted by Gasteiger charge is 2.51. The van der Waals surface area contributed by atoms with E-state index in [1.165, 1.54) is 0 Å². The fraction of sp³-hybridized carbons (Fsp3) is 0.682. The highest BCUT2D eigenvalue weighted by atomic mass is 16.5. The molecule has 27 heavy (non-hydrogen) atoms. The SMILES string of the molecule is CCCN1CCC[C@@]2(C(=O)NCc3ccccc3OCC)CCN(C)C[C@H]12. The molecule has 2 saturated heterocycles. The van der Waals surface area contributed by atoms with Gasteiger partial charge in [-0.05, 0) is 65.4 Å². The Kier molecular flexibility index (Phi) is 6.77. The number of nitrogens with one attached hydrogen (secondary N) is 1. The predicted molar refractivity (Wildman–Crippen MR) is 109 cm³/mol. The van der Waals surface area contributed by atoms with E-state index in [-0.39, 0.29) is 11.3 Å². The van der Waals surface area contributed by atoms with Gasteiger partial charge in [-0.2, -0.15) is 0 Å². The van der Waals surface area contributed by atoms with E-state index in [9.17, 15) is 4.79 Å². The second kappa shape index (κ2) is 9.07. The lowest BCUT2D eigenvalue weighted by Crippen LogP contribution is -2.65. The fourth-order valence-electron chi connectivity index (χ4n) is 4.86. The normalized spacial score (nSPS) is 26.4. The third-order valence-electron chi connectivity index (χ3n) is 6.25. The van der Waals surface area contributed by atoms with Gasteiger partial charge in [0.15, 0.2) is 0 Å². The van der Waals surface area contributed by atoms with Crippen molar-refractivity contribution in [1.82, 2.24) is 15.1 Å². The van der Waals surface area contributed by atoms with Crippen LogP contribution in [0.25, 0.3) is 0 Å². The zero-order chi connectivity index (χ0) is 19.3. The van der Waals surface area contributed by atoms with Gasteiger partial charge in [0, 0.05) is 24.7 Å². The summed E-state index contributed by atoms with van der Waals surface area (Å²) in [7, 11) is 2.18. The summed E-state index contributed by atoms with van der Waals surface area (Å²) in [6.45, 7) is 9.58. The molecule has 0 unspecified atom stereocenters. The van der Waals surface area contributed by atoms with Crippen LogP contribution in [-0.2, 0) is 11.3 Å². The number of carbonyl (C=O) groups is 1. The summed E-state index contributed by atoms with van der Waals surface area (Å²) in [5, 5.41) is 3.27. The van der Waals surface area contributed by atoms with Crippen molar-refractivity contribution in [2.24, 2.45) is 5.41 Å². The van der Waals surface area contributed by atoms with Crippen LogP contribution in [0.2, 0.25) is 0 Å². The van der Waals surface area contributed by atoms with Crippen molar-refractivity contribution in [2.75, 3.05) is 39.8 Å². The molecule has 2 heterocycles. The van der Waals surface area contributed by atoms with Crippen molar-refractivity contribution in [3.8, 4) is 5.75 Å². The second-order valence-electron chi connectivity index (χ2n) is 8.05. The lowest BCUT2D eigenvalue weighted by molar-refractivity contribution is -0.144. The van der Waals surface area contributed by atoms with E-state index in [4.69, 9.17) is 4.74 Å². The minimum atomic E-state index is -0.250. The maximum Gasteiger partial charge on any atom is 0.228 e. The average molecular weight is 374 g/mol. The van der Waals surface area contributed by atoms with Crippen LogP contribution < -0.4 is 10.1 Å². The van der Waals surface area contributed by atoms with Gasteiger partial charge in [0.1, 0.15) is 5.75 Å². The van der Waals surface area contributed by atoms with Crippen LogP contribution in [0.3, 0.4) is 0 Å². The third-order valence-corrected chi connectivity index (χ3v) is 6.25. The van der Waals surface area contributed by atoms with Crippen LogP contribution in [0.5, 0.6) is 5.75 Å². The molecule has 150 valence electrons. The summed E-state index contributed by atoms with van der Waals surface area (Å²) < 4.78 is 5.72. The molecule has 0 radical (unpaired) electrons. The first-order chi connectivity index (χ1) is 13.1. The molecule has 2 atom stereocenters. The Morgan fingerprint density at radius 1 is 1.26 bits per heavy atom. The summed E-state index contributed by atoms with van der Waals surface area (Å²) in [6.07, 6.45) is 4.21. The van der Waals surface area contributed by atoms with E-state index in [0.717, 1.165) is 63.2 Å². The number of nitrogens with zero attached hydrogens (tertiary/aromatic N) is 2. The first-order valence-electron chi connectivity index (χ1n) is 10.5. The molecule has 0 saturated carbocycles. The molecular weight excluding hydrogens is 338 g/mol.